The molecule has 1 aromatic heterocycles. The van der Waals surface area contributed by atoms with E-state index < -0.39 is 0 Å². The van der Waals surface area contributed by atoms with Crippen LogP contribution in [-0.4, -0.2) is 32.6 Å². The second-order valence-electron chi connectivity index (χ2n) is 5.41. The Labute approximate surface area is 156 Å². The fourth-order valence-electron chi connectivity index (χ4n) is 2.36. The van der Waals surface area contributed by atoms with Crippen LogP contribution < -0.4 is 5.43 Å². The number of hydrazone groups is 1. The third kappa shape index (κ3) is 4.58. The third-order valence-corrected chi connectivity index (χ3v) is 4.57. The van der Waals surface area contributed by atoms with Gasteiger partial charge in [0.05, 0.1) is 12.0 Å². The van der Waals surface area contributed by atoms with Gasteiger partial charge in [-0.25, -0.2) is 5.43 Å². The summed E-state index contributed by atoms with van der Waals surface area (Å²) in [4.78, 5) is 12.0. The molecule has 0 saturated heterocycles. The summed E-state index contributed by atoms with van der Waals surface area (Å²) in [5.41, 5.74) is 4.46. The standard InChI is InChI=1S/C19H19N5OS/c1-2-24-18(16-11-7-4-8-12-16)22-23-19(24)26-14-17(25)21-20-13-15-9-5-3-6-10-15/h3-13H,2,14H2,1H3,(H,21,25). The van der Waals surface area contributed by atoms with E-state index in [1.54, 1.807) is 6.21 Å². The lowest BCUT2D eigenvalue weighted by Gasteiger charge is -2.06. The van der Waals surface area contributed by atoms with E-state index in [0.29, 0.717) is 5.16 Å². The molecule has 1 N–H and O–H groups in total. The van der Waals surface area contributed by atoms with E-state index in [4.69, 9.17) is 0 Å². The first-order chi connectivity index (χ1) is 12.8. The van der Waals surface area contributed by atoms with Gasteiger partial charge in [-0.05, 0) is 12.5 Å². The van der Waals surface area contributed by atoms with Crippen LogP contribution >= 0.6 is 11.8 Å². The van der Waals surface area contributed by atoms with E-state index in [0.717, 1.165) is 23.5 Å². The number of hydrogen-bond donors (Lipinski definition) is 1. The second-order valence-corrected chi connectivity index (χ2v) is 6.35. The summed E-state index contributed by atoms with van der Waals surface area (Å²) in [5, 5.41) is 13.2. The SMILES string of the molecule is CCn1c(SCC(=O)NN=Cc2ccccc2)nnc1-c1ccccc1. The Balaban J connectivity index is 1.58. The minimum absolute atomic E-state index is 0.186. The van der Waals surface area contributed by atoms with Crippen molar-refractivity contribution in [2.75, 3.05) is 5.75 Å². The minimum atomic E-state index is -0.186. The lowest BCUT2D eigenvalue weighted by Crippen LogP contribution is -2.20. The highest BCUT2D eigenvalue weighted by molar-refractivity contribution is 7.99. The molecule has 3 aromatic rings. The number of benzene rings is 2. The molecule has 26 heavy (non-hydrogen) atoms. The number of amides is 1. The number of aromatic nitrogens is 3. The number of nitrogens with one attached hydrogen (secondary N) is 1. The van der Waals surface area contributed by atoms with E-state index in [1.165, 1.54) is 11.8 Å². The van der Waals surface area contributed by atoms with Gasteiger partial charge in [-0.2, -0.15) is 5.10 Å². The highest BCUT2D eigenvalue weighted by atomic mass is 32.2. The lowest BCUT2D eigenvalue weighted by atomic mass is 10.2. The summed E-state index contributed by atoms with van der Waals surface area (Å²) in [6, 6.07) is 19.5. The molecule has 0 saturated carbocycles. The van der Waals surface area contributed by atoms with Crippen molar-refractivity contribution in [2.45, 2.75) is 18.6 Å². The van der Waals surface area contributed by atoms with Gasteiger partial charge in [0.25, 0.3) is 5.91 Å². The van der Waals surface area contributed by atoms with Gasteiger partial charge in [0.1, 0.15) is 0 Å². The molecule has 0 aliphatic carbocycles. The highest BCUT2D eigenvalue weighted by Crippen LogP contribution is 2.23. The van der Waals surface area contributed by atoms with Crippen molar-refractivity contribution in [3.63, 3.8) is 0 Å². The Morgan fingerprint density at radius 2 is 1.81 bits per heavy atom. The molecule has 0 fully saturated rings. The van der Waals surface area contributed by atoms with Gasteiger partial charge in [0.15, 0.2) is 11.0 Å². The molecule has 2 aromatic carbocycles. The van der Waals surface area contributed by atoms with Gasteiger partial charge >= 0.3 is 0 Å². The van der Waals surface area contributed by atoms with Crippen LogP contribution in [0.25, 0.3) is 11.4 Å². The Morgan fingerprint density at radius 1 is 1.12 bits per heavy atom. The van der Waals surface area contributed by atoms with E-state index in [9.17, 15) is 4.79 Å². The van der Waals surface area contributed by atoms with E-state index in [-0.39, 0.29) is 11.7 Å². The molecule has 0 unspecified atom stereocenters. The molecule has 0 bridgehead atoms. The van der Waals surface area contributed by atoms with Gasteiger partial charge in [0.2, 0.25) is 0 Å². The average molecular weight is 365 g/mol. The predicted molar refractivity (Wildman–Crippen MR) is 104 cm³/mol. The predicted octanol–water partition coefficient (Wildman–Crippen LogP) is 3.21. The Hall–Kier alpha value is -2.93. The first-order valence-electron chi connectivity index (χ1n) is 8.26. The Morgan fingerprint density at radius 3 is 2.50 bits per heavy atom. The molecule has 1 heterocycles. The zero-order valence-corrected chi connectivity index (χ0v) is 15.2. The molecule has 132 valence electrons. The van der Waals surface area contributed by atoms with E-state index in [2.05, 4.69) is 20.7 Å². The highest BCUT2D eigenvalue weighted by Gasteiger charge is 2.14. The molecule has 6 nitrogen and oxygen atoms in total. The summed E-state index contributed by atoms with van der Waals surface area (Å²) in [6.45, 7) is 2.76. The fourth-order valence-corrected chi connectivity index (χ4v) is 3.16. The van der Waals surface area contributed by atoms with Crippen LogP contribution in [0.15, 0.2) is 70.9 Å². The summed E-state index contributed by atoms with van der Waals surface area (Å²) < 4.78 is 2.00. The summed E-state index contributed by atoms with van der Waals surface area (Å²) in [6.07, 6.45) is 1.62. The molecule has 0 spiro atoms. The monoisotopic (exact) mass is 365 g/mol. The molecular weight excluding hydrogens is 346 g/mol. The van der Waals surface area contributed by atoms with Gasteiger partial charge in [-0.1, -0.05) is 72.4 Å². The van der Waals surface area contributed by atoms with Crippen LogP contribution in [0.4, 0.5) is 0 Å². The van der Waals surface area contributed by atoms with Crippen LogP contribution in [0.1, 0.15) is 12.5 Å². The molecule has 0 aliphatic heterocycles. The Kier molecular flexibility index (Phi) is 6.16. The maximum Gasteiger partial charge on any atom is 0.250 e. The molecule has 7 heteroatoms. The summed E-state index contributed by atoms with van der Waals surface area (Å²) in [7, 11) is 0. The topological polar surface area (TPSA) is 72.2 Å². The smallest absolute Gasteiger partial charge is 0.250 e. The number of nitrogens with zero attached hydrogens (tertiary/aromatic N) is 4. The zero-order chi connectivity index (χ0) is 18.2. The van der Waals surface area contributed by atoms with Crippen LogP contribution in [0, 0.1) is 0 Å². The third-order valence-electron chi connectivity index (χ3n) is 3.60. The fraction of sp³-hybridized carbons (Fsp3) is 0.158. The first kappa shape index (κ1) is 17.9. The number of hydrogen-bond acceptors (Lipinski definition) is 5. The van der Waals surface area contributed by atoms with Crippen LogP contribution in [-0.2, 0) is 11.3 Å². The van der Waals surface area contributed by atoms with Crippen molar-refractivity contribution in [1.29, 1.82) is 0 Å². The summed E-state index contributed by atoms with van der Waals surface area (Å²) >= 11 is 1.34. The van der Waals surface area contributed by atoms with Gasteiger partial charge < -0.3 is 4.57 Å². The van der Waals surface area contributed by atoms with Crippen molar-refractivity contribution >= 4 is 23.9 Å². The van der Waals surface area contributed by atoms with Gasteiger partial charge in [-0.3, -0.25) is 4.79 Å². The lowest BCUT2D eigenvalue weighted by molar-refractivity contribution is -0.118. The molecule has 0 aliphatic rings. The normalized spacial score (nSPS) is 11.0. The zero-order valence-electron chi connectivity index (χ0n) is 14.4. The largest absolute Gasteiger partial charge is 0.302 e. The van der Waals surface area contributed by atoms with E-state index in [1.807, 2.05) is 72.2 Å². The van der Waals surface area contributed by atoms with Gasteiger partial charge in [-0.15, -0.1) is 10.2 Å². The number of carbonyl (C=O) groups is 1. The van der Waals surface area contributed by atoms with Crippen molar-refractivity contribution < 1.29 is 4.79 Å². The van der Waals surface area contributed by atoms with Crippen molar-refractivity contribution in [2.24, 2.45) is 5.10 Å². The average Bonchev–Trinajstić information content (AvgIpc) is 3.11. The quantitative estimate of drug-likeness (QED) is 0.396. The molecule has 1 amide bonds. The van der Waals surface area contributed by atoms with Crippen molar-refractivity contribution in [1.82, 2.24) is 20.2 Å². The maximum absolute atomic E-state index is 12.0. The van der Waals surface area contributed by atoms with Gasteiger partial charge in [0, 0.05) is 12.1 Å². The van der Waals surface area contributed by atoms with Crippen molar-refractivity contribution in [3.05, 3.63) is 66.2 Å². The first-order valence-corrected chi connectivity index (χ1v) is 9.25. The van der Waals surface area contributed by atoms with Crippen LogP contribution in [0.2, 0.25) is 0 Å². The number of thioether (sulfide) groups is 1. The van der Waals surface area contributed by atoms with E-state index >= 15 is 0 Å². The van der Waals surface area contributed by atoms with Crippen LogP contribution in [0.5, 0.6) is 0 Å². The minimum Gasteiger partial charge on any atom is -0.302 e. The maximum atomic E-state index is 12.0. The Bertz CT molecular complexity index is 877. The summed E-state index contributed by atoms with van der Waals surface area (Å²) in [5.74, 6) is 0.839. The molecular formula is C19H19N5OS. The molecule has 0 atom stereocenters. The number of rotatable bonds is 7. The van der Waals surface area contributed by atoms with Crippen molar-refractivity contribution in [3.8, 4) is 11.4 Å². The second kappa shape index (κ2) is 8.96. The molecule has 3 rings (SSSR count). The number of carbonyl (C=O) groups excluding carboxylic acids is 1. The molecule has 0 radical (unpaired) electrons. The van der Waals surface area contributed by atoms with Crippen LogP contribution in [0.3, 0.4) is 0 Å².